The molecule has 2 rings (SSSR count). The van der Waals surface area contributed by atoms with Crippen LogP contribution in [0.5, 0.6) is 0 Å². The van der Waals surface area contributed by atoms with E-state index in [0.29, 0.717) is 25.2 Å². The molecule has 17 heavy (non-hydrogen) atoms. The molecule has 1 aromatic rings. The van der Waals surface area contributed by atoms with Crippen molar-refractivity contribution in [3.63, 3.8) is 0 Å². The molecule has 1 saturated heterocycles. The van der Waals surface area contributed by atoms with Crippen LogP contribution in [-0.4, -0.2) is 40.0 Å². The van der Waals surface area contributed by atoms with Gasteiger partial charge in [-0.25, -0.2) is 4.98 Å². The van der Waals surface area contributed by atoms with E-state index in [-0.39, 0.29) is 5.91 Å². The van der Waals surface area contributed by atoms with Gasteiger partial charge >= 0.3 is 5.97 Å². The van der Waals surface area contributed by atoms with Gasteiger partial charge in [0.15, 0.2) is 0 Å². The van der Waals surface area contributed by atoms with E-state index in [2.05, 4.69) is 4.98 Å². The summed E-state index contributed by atoms with van der Waals surface area (Å²) in [5.41, 5.74) is 0.429. The molecule has 5 nitrogen and oxygen atoms in total. The minimum atomic E-state index is -0.822. The lowest BCUT2D eigenvalue weighted by molar-refractivity contribution is -0.143. The lowest BCUT2D eigenvalue weighted by Gasteiger charge is -2.30. The van der Waals surface area contributed by atoms with Gasteiger partial charge < -0.3 is 10.0 Å². The van der Waals surface area contributed by atoms with Gasteiger partial charge in [-0.15, -0.1) is 11.3 Å². The van der Waals surface area contributed by atoms with E-state index >= 15 is 0 Å². The maximum absolute atomic E-state index is 12.1. The average molecular weight is 254 g/mol. The van der Waals surface area contributed by atoms with Crippen LogP contribution in [0.15, 0.2) is 5.38 Å². The molecule has 0 spiro atoms. The summed E-state index contributed by atoms with van der Waals surface area (Å²) in [4.78, 5) is 28.7. The van der Waals surface area contributed by atoms with E-state index in [1.54, 1.807) is 10.3 Å². The summed E-state index contributed by atoms with van der Waals surface area (Å²) in [5, 5.41) is 11.5. The van der Waals surface area contributed by atoms with Crippen LogP contribution in [0, 0.1) is 12.8 Å². The molecule has 6 heteroatoms. The Balaban J connectivity index is 2.07. The summed E-state index contributed by atoms with van der Waals surface area (Å²) in [6, 6.07) is 0. The van der Waals surface area contributed by atoms with Gasteiger partial charge in [0.1, 0.15) is 5.69 Å². The highest BCUT2D eigenvalue weighted by Crippen LogP contribution is 2.19. The second-order valence-corrected chi connectivity index (χ2v) is 5.24. The number of carboxylic acids is 1. The predicted octanol–water partition coefficient (Wildman–Crippen LogP) is 1.39. The first-order valence-corrected chi connectivity index (χ1v) is 6.40. The molecule has 1 aliphatic heterocycles. The first kappa shape index (κ1) is 12.0. The zero-order valence-electron chi connectivity index (χ0n) is 9.55. The van der Waals surface area contributed by atoms with E-state index in [0.717, 1.165) is 11.4 Å². The normalized spacial score (nSPS) is 20.3. The number of aryl methyl sites for hydroxylation is 1. The average Bonchev–Trinajstić information content (AvgIpc) is 2.75. The molecule has 0 bridgehead atoms. The third-order valence-corrected chi connectivity index (χ3v) is 3.67. The molecular formula is C11H14N2O3S. The topological polar surface area (TPSA) is 70.5 Å². The van der Waals surface area contributed by atoms with Gasteiger partial charge in [-0.3, -0.25) is 9.59 Å². The number of carbonyl (C=O) groups is 2. The Morgan fingerprint density at radius 1 is 1.59 bits per heavy atom. The van der Waals surface area contributed by atoms with Crippen molar-refractivity contribution in [3.05, 3.63) is 16.1 Å². The summed E-state index contributed by atoms with van der Waals surface area (Å²) in [6.45, 7) is 2.77. The van der Waals surface area contributed by atoms with Crippen LogP contribution in [0.25, 0.3) is 0 Å². The van der Waals surface area contributed by atoms with E-state index in [1.807, 2.05) is 6.92 Å². The quantitative estimate of drug-likeness (QED) is 0.865. The summed E-state index contributed by atoms with van der Waals surface area (Å²) in [7, 11) is 0. The van der Waals surface area contributed by atoms with Crippen LogP contribution in [-0.2, 0) is 4.79 Å². The molecule has 1 aliphatic rings. The van der Waals surface area contributed by atoms with E-state index in [1.165, 1.54) is 11.3 Å². The lowest BCUT2D eigenvalue weighted by Crippen LogP contribution is -2.42. The van der Waals surface area contributed by atoms with E-state index < -0.39 is 11.9 Å². The summed E-state index contributed by atoms with van der Waals surface area (Å²) in [6.07, 6.45) is 1.39. The largest absolute Gasteiger partial charge is 0.481 e. The molecule has 0 aromatic carbocycles. The van der Waals surface area contributed by atoms with Gasteiger partial charge in [0.05, 0.1) is 10.9 Å². The Labute approximate surface area is 103 Å². The van der Waals surface area contributed by atoms with E-state index in [9.17, 15) is 9.59 Å². The number of hydrogen-bond donors (Lipinski definition) is 1. The first-order chi connectivity index (χ1) is 8.08. The minimum Gasteiger partial charge on any atom is -0.481 e. The fourth-order valence-electron chi connectivity index (χ4n) is 1.99. The predicted molar refractivity (Wildman–Crippen MR) is 63.1 cm³/mol. The molecule has 1 aromatic heterocycles. The van der Waals surface area contributed by atoms with Gasteiger partial charge in [0.2, 0.25) is 0 Å². The van der Waals surface area contributed by atoms with Crippen LogP contribution in [0.1, 0.15) is 28.3 Å². The Morgan fingerprint density at radius 2 is 2.35 bits per heavy atom. The maximum Gasteiger partial charge on any atom is 0.308 e. The van der Waals surface area contributed by atoms with Crippen molar-refractivity contribution in [2.45, 2.75) is 19.8 Å². The number of likely N-dealkylation sites (tertiary alicyclic amines) is 1. The van der Waals surface area contributed by atoms with Crippen LogP contribution >= 0.6 is 11.3 Å². The Hall–Kier alpha value is -1.43. The van der Waals surface area contributed by atoms with Crippen LogP contribution in [0.3, 0.4) is 0 Å². The monoisotopic (exact) mass is 254 g/mol. The molecule has 1 amide bonds. The Bertz CT molecular complexity index is 444. The zero-order chi connectivity index (χ0) is 12.4. The number of aromatic nitrogens is 1. The number of nitrogens with zero attached hydrogens (tertiary/aromatic N) is 2. The van der Waals surface area contributed by atoms with Crippen molar-refractivity contribution < 1.29 is 14.7 Å². The van der Waals surface area contributed by atoms with Crippen LogP contribution < -0.4 is 0 Å². The number of piperidine rings is 1. The second-order valence-electron chi connectivity index (χ2n) is 4.18. The number of carbonyl (C=O) groups excluding carboxylic acids is 1. The molecule has 0 saturated carbocycles. The molecule has 1 atom stereocenters. The van der Waals surface area contributed by atoms with Gasteiger partial charge in [-0.2, -0.15) is 0 Å². The van der Waals surface area contributed by atoms with Crippen molar-refractivity contribution in [2.75, 3.05) is 13.1 Å². The summed E-state index contributed by atoms with van der Waals surface area (Å²) < 4.78 is 0. The molecule has 1 N–H and O–H groups in total. The van der Waals surface area contributed by atoms with Crippen molar-refractivity contribution in [3.8, 4) is 0 Å². The minimum absolute atomic E-state index is 0.152. The number of thiazole rings is 1. The van der Waals surface area contributed by atoms with Crippen molar-refractivity contribution in [1.29, 1.82) is 0 Å². The van der Waals surface area contributed by atoms with Gasteiger partial charge in [-0.1, -0.05) is 0 Å². The third-order valence-electron chi connectivity index (χ3n) is 2.90. The maximum atomic E-state index is 12.1. The smallest absolute Gasteiger partial charge is 0.308 e. The Morgan fingerprint density at radius 3 is 2.94 bits per heavy atom. The molecule has 2 heterocycles. The standard InChI is InChI=1S/C11H14N2O3S/c1-7-12-9(6-17-7)10(14)13-4-2-3-8(5-13)11(15)16/h6,8H,2-5H2,1H3,(H,15,16). The molecular weight excluding hydrogens is 240 g/mol. The molecule has 0 aliphatic carbocycles. The zero-order valence-corrected chi connectivity index (χ0v) is 10.4. The van der Waals surface area contributed by atoms with Crippen molar-refractivity contribution in [1.82, 2.24) is 9.88 Å². The number of carboxylic acid groups (broad SMARTS) is 1. The summed E-state index contributed by atoms with van der Waals surface area (Å²) in [5.74, 6) is -1.41. The number of aliphatic carboxylic acids is 1. The number of hydrogen-bond acceptors (Lipinski definition) is 4. The summed E-state index contributed by atoms with van der Waals surface area (Å²) >= 11 is 1.43. The van der Waals surface area contributed by atoms with Crippen molar-refractivity contribution in [2.24, 2.45) is 5.92 Å². The van der Waals surface area contributed by atoms with Crippen molar-refractivity contribution >= 4 is 23.2 Å². The van der Waals surface area contributed by atoms with Gasteiger partial charge in [0, 0.05) is 18.5 Å². The van der Waals surface area contributed by atoms with Crippen LogP contribution in [0.2, 0.25) is 0 Å². The first-order valence-electron chi connectivity index (χ1n) is 5.52. The third kappa shape index (κ3) is 2.63. The fraction of sp³-hybridized carbons (Fsp3) is 0.545. The number of amides is 1. The van der Waals surface area contributed by atoms with Gasteiger partial charge in [0.25, 0.3) is 5.91 Å². The van der Waals surface area contributed by atoms with E-state index in [4.69, 9.17) is 5.11 Å². The fourth-order valence-corrected chi connectivity index (χ4v) is 2.57. The molecule has 1 fully saturated rings. The number of rotatable bonds is 2. The molecule has 92 valence electrons. The lowest BCUT2D eigenvalue weighted by atomic mass is 9.98. The SMILES string of the molecule is Cc1nc(C(=O)N2CCCC(C(=O)O)C2)cs1. The van der Waals surface area contributed by atoms with Gasteiger partial charge in [-0.05, 0) is 19.8 Å². The molecule has 1 unspecified atom stereocenters. The second kappa shape index (κ2) is 4.83. The highest BCUT2D eigenvalue weighted by molar-refractivity contribution is 7.09. The molecule has 0 radical (unpaired) electrons. The Kier molecular flexibility index (Phi) is 3.42. The van der Waals surface area contributed by atoms with Crippen LogP contribution in [0.4, 0.5) is 0 Å². The highest BCUT2D eigenvalue weighted by Gasteiger charge is 2.29. The highest BCUT2D eigenvalue weighted by atomic mass is 32.1.